The molecular formula is C27H32N2O4S. The second kappa shape index (κ2) is 11.8. The lowest BCUT2D eigenvalue weighted by Gasteiger charge is -2.19. The van der Waals surface area contributed by atoms with E-state index in [2.05, 4.69) is 23.9 Å². The SMILES string of the molecule is CCC(C)c1ccccc1OC(C)C(=O)Nc1ccc(S(=O)(=O)NCCc2ccccc2)cc1. The number of ether oxygens (including phenoxy) is 1. The minimum atomic E-state index is -3.64. The third-order valence-electron chi connectivity index (χ3n) is 5.72. The molecule has 0 heterocycles. The molecule has 0 bridgehead atoms. The molecule has 0 aliphatic heterocycles. The molecule has 0 radical (unpaired) electrons. The lowest BCUT2D eigenvalue weighted by molar-refractivity contribution is -0.122. The summed E-state index contributed by atoms with van der Waals surface area (Å²) in [5.74, 6) is 0.709. The van der Waals surface area contributed by atoms with Crippen molar-refractivity contribution in [1.82, 2.24) is 4.72 Å². The average Bonchev–Trinajstić information content (AvgIpc) is 2.84. The van der Waals surface area contributed by atoms with Crippen molar-refractivity contribution in [1.29, 1.82) is 0 Å². The van der Waals surface area contributed by atoms with E-state index in [-0.39, 0.29) is 10.8 Å². The minimum absolute atomic E-state index is 0.144. The molecule has 3 aromatic carbocycles. The molecule has 3 aromatic rings. The van der Waals surface area contributed by atoms with Crippen LogP contribution in [0.2, 0.25) is 0 Å². The highest BCUT2D eigenvalue weighted by Crippen LogP contribution is 2.29. The quantitative estimate of drug-likeness (QED) is 0.399. The summed E-state index contributed by atoms with van der Waals surface area (Å²) >= 11 is 0. The molecule has 2 atom stereocenters. The van der Waals surface area contributed by atoms with Crippen LogP contribution in [0.4, 0.5) is 5.69 Å². The Labute approximate surface area is 202 Å². The number of carbonyl (C=O) groups is 1. The molecule has 2 N–H and O–H groups in total. The highest BCUT2D eigenvalue weighted by atomic mass is 32.2. The normalized spacial score (nSPS) is 13.1. The fraction of sp³-hybridized carbons (Fsp3) is 0.296. The van der Waals surface area contributed by atoms with Gasteiger partial charge in [0.15, 0.2) is 6.10 Å². The maximum absolute atomic E-state index is 12.7. The second-order valence-corrected chi connectivity index (χ2v) is 10.0. The van der Waals surface area contributed by atoms with Crippen LogP contribution >= 0.6 is 0 Å². The van der Waals surface area contributed by atoms with Crippen LogP contribution in [-0.4, -0.2) is 27.0 Å². The molecule has 0 spiro atoms. The molecule has 6 nitrogen and oxygen atoms in total. The Kier molecular flexibility index (Phi) is 8.85. The lowest BCUT2D eigenvalue weighted by atomic mass is 9.98. The topological polar surface area (TPSA) is 84.5 Å². The van der Waals surface area contributed by atoms with Gasteiger partial charge in [-0.2, -0.15) is 0 Å². The van der Waals surface area contributed by atoms with Crippen LogP contribution in [0, 0.1) is 0 Å². The number of para-hydroxylation sites is 1. The van der Waals surface area contributed by atoms with E-state index in [9.17, 15) is 13.2 Å². The largest absolute Gasteiger partial charge is 0.481 e. The number of hydrogen-bond donors (Lipinski definition) is 2. The third kappa shape index (κ3) is 6.92. The first kappa shape index (κ1) is 25.5. The van der Waals surface area contributed by atoms with Crippen molar-refractivity contribution in [2.75, 3.05) is 11.9 Å². The van der Waals surface area contributed by atoms with E-state index in [1.165, 1.54) is 12.1 Å². The van der Waals surface area contributed by atoms with Gasteiger partial charge < -0.3 is 10.1 Å². The zero-order chi connectivity index (χ0) is 24.6. The number of nitrogens with one attached hydrogen (secondary N) is 2. The summed E-state index contributed by atoms with van der Waals surface area (Å²) in [7, 11) is -3.64. The van der Waals surface area contributed by atoms with Crippen LogP contribution < -0.4 is 14.8 Å². The summed E-state index contributed by atoms with van der Waals surface area (Å²) in [5, 5.41) is 2.79. The van der Waals surface area contributed by atoms with E-state index < -0.39 is 16.1 Å². The molecule has 0 saturated heterocycles. The van der Waals surface area contributed by atoms with Crippen molar-refractivity contribution in [2.24, 2.45) is 0 Å². The molecule has 0 saturated carbocycles. The van der Waals surface area contributed by atoms with Crippen molar-refractivity contribution in [3.05, 3.63) is 90.0 Å². The van der Waals surface area contributed by atoms with Gasteiger partial charge in [-0.3, -0.25) is 4.79 Å². The fourth-order valence-corrected chi connectivity index (χ4v) is 4.51. The molecular weight excluding hydrogens is 448 g/mol. The Morgan fingerprint density at radius 3 is 2.24 bits per heavy atom. The van der Waals surface area contributed by atoms with Crippen LogP contribution in [0.1, 0.15) is 44.2 Å². The summed E-state index contributed by atoms with van der Waals surface area (Å²) < 4.78 is 33.7. The van der Waals surface area contributed by atoms with Gasteiger partial charge in [0, 0.05) is 12.2 Å². The van der Waals surface area contributed by atoms with Crippen LogP contribution in [0.25, 0.3) is 0 Å². The van der Waals surface area contributed by atoms with Crippen molar-refractivity contribution in [3.63, 3.8) is 0 Å². The number of sulfonamides is 1. The summed E-state index contributed by atoms with van der Waals surface area (Å²) in [6.07, 6.45) is 0.858. The first-order valence-electron chi connectivity index (χ1n) is 11.5. The number of carbonyl (C=O) groups excluding carboxylic acids is 1. The van der Waals surface area contributed by atoms with Gasteiger partial charge >= 0.3 is 0 Å². The van der Waals surface area contributed by atoms with Gasteiger partial charge in [-0.1, -0.05) is 62.4 Å². The zero-order valence-corrected chi connectivity index (χ0v) is 20.6. The molecule has 0 aliphatic rings. The maximum atomic E-state index is 12.7. The number of anilines is 1. The number of rotatable bonds is 11. The van der Waals surface area contributed by atoms with Crippen molar-refractivity contribution in [2.45, 2.75) is 50.5 Å². The van der Waals surface area contributed by atoms with Gasteiger partial charge in [0.1, 0.15) is 5.75 Å². The highest BCUT2D eigenvalue weighted by Gasteiger charge is 2.19. The van der Waals surface area contributed by atoms with Gasteiger partial charge in [-0.15, -0.1) is 0 Å². The predicted octanol–water partition coefficient (Wildman–Crippen LogP) is 5.13. The molecule has 0 aromatic heterocycles. The Morgan fingerprint density at radius 1 is 0.912 bits per heavy atom. The second-order valence-electron chi connectivity index (χ2n) is 8.25. The van der Waals surface area contributed by atoms with E-state index in [0.29, 0.717) is 30.3 Å². The summed E-state index contributed by atoms with van der Waals surface area (Å²) in [5.41, 5.74) is 2.63. The van der Waals surface area contributed by atoms with E-state index in [1.54, 1.807) is 19.1 Å². The predicted molar refractivity (Wildman–Crippen MR) is 136 cm³/mol. The molecule has 180 valence electrons. The molecule has 7 heteroatoms. The smallest absolute Gasteiger partial charge is 0.265 e. The molecule has 0 aliphatic carbocycles. The Morgan fingerprint density at radius 2 is 1.56 bits per heavy atom. The fourth-order valence-electron chi connectivity index (χ4n) is 3.48. The lowest BCUT2D eigenvalue weighted by Crippen LogP contribution is -2.30. The van der Waals surface area contributed by atoms with Gasteiger partial charge in [0.25, 0.3) is 5.91 Å². The molecule has 1 amide bonds. The average molecular weight is 481 g/mol. The van der Waals surface area contributed by atoms with Crippen molar-refractivity contribution >= 4 is 21.6 Å². The number of amides is 1. The number of hydrogen-bond acceptors (Lipinski definition) is 4. The summed E-state index contributed by atoms with van der Waals surface area (Å²) in [6, 6.07) is 23.5. The van der Waals surface area contributed by atoms with Crippen molar-refractivity contribution < 1.29 is 17.9 Å². The van der Waals surface area contributed by atoms with Gasteiger partial charge in [-0.25, -0.2) is 13.1 Å². The molecule has 2 unspecified atom stereocenters. The molecule has 34 heavy (non-hydrogen) atoms. The van der Waals surface area contributed by atoms with Crippen LogP contribution in [0.5, 0.6) is 5.75 Å². The van der Waals surface area contributed by atoms with Gasteiger partial charge in [0.2, 0.25) is 10.0 Å². The summed E-state index contributed by atoms with van der Waals surface area (Å²) in [4.78, 5) is 12.8. The van der Waals surface area contributed by atoms with Crippen LogP contribution in [0.15, 0.2) is 83.8 Å². The first-order valence-corrected chi connectivity index (χ1v) is 13.0. The Bertz CT molecular complexity index is 1180. The van der Waals surface area contributed by atoms with Gasteiger partial charge in [-0.05, 0) is 67.1 Å². The van der Waals surface area contributed by atoms with E-state index in [0.717, 1.165) is 17.5 Å². The Hall–Kier alpha value is -3.16. The monoisotopic (exact) mass is 480 g/mol. The zero-order valence-electron chi connectivity index (χ0n) is 19.8. The van der Waals surface area contributed by atoms with E-state index >= 15 is 0 Å². The maximum Gasteiger partial charge on any atom is 0.265 e. The highest BCUT2D eigenvalue weighted by molar-refractivity contribution is 7.89. The molecule has 0 fully saturated rings. The minimum Gasteiger partial charge on any atom is -0.481 e. The summed E-state index contributed by atoms with van der Waals surface area (Å²) in [6.45, 7) is 6.23. The van der Waals surface area contributed by atoms with E-state index in [4.69, 9.17) is 4.74 Å². The first-order chi connectivity index (χ1) is 16.3. The third-order valence-corrected chi connectivity index (χ3v) is 7.19. The van der Waals surface area contributed by atoms with Gasteiger partial charge in [0.05, 0.1) is 4.90 Å². The standard InChI is InChI=1S/C27H32N2O4S/c1-4-20(2)25-12-8-9-13-26(25)33-21(3)27(30)29-23-14-16-24(17-15-23)34(31,32)28-19-18-22-10-6-5-7-11-22/h5-17,20-21,28H,4,18-19H2,1-3H3,(H,29,30). The van der Waals surface area contributed by atoms with Crippen molar-refractivity contribution in [3.8, 4) is 5.75 Å². The van der Waals surface area contributed by atoms with Crippen LogP contribution in [0.3, 0.4) is 0 Å². The Balaban J connectivity index is 1.57. The van der Waals surface area contributed by atoms with Crippen LogP contribution in [-0.2, 0) is 21.2 Å². The molecule has 3 rings (SSSR count). The van der Waals surface area contributed by atoms with E-state index in [1.807, 2.05) is 54.6 Å². The number of benzene rings is 3.